The number of nitrogens with zero attached hydrogens (tertiary/aromatic N) is 2. The van der Waals surface area contributed by atoms with E-state index >= 15 is 0 Å². The van der Waals surface area contributed by atoms with Crippen molar-refractivity contribution in [1.82, 2.24) is 9.29 Å². The van der Waals surface area contributed by atoms with Gasteiger partial charge in [0, 0.05) is 24.2 Å². The van der Waals surface area contributed by atoms with Crippen LogP contribution in [0.15, 0.2) is 40.9 Å². The molecule has 2 heterocycles. The molecule has 20 heavy (non-hydrogen) atoms. The Labute approximate surface area is 121 Å². The van der Waals surface area contributed by atoms with Crippen LogP contribution in [0.25, 0.3) is 0 Å². The summed E-state index contributed by atoms with van der Waals surface area (Å²) in [7, 11) is -2.47. The van der Waals surface area contributed by atoms with Gasteiger partial charge in [-0.25, -0.2) is 17.8 Å². The first-order valence-electron chi connectivity index (χ1n) is 6.04. The van der Waals surface area contributed by atoms with E-state index in [2.05, 4.69) is 4.98 Å². The highest BCUT2D eigenvalue weighted by Gasteiger charge is 2.29. The Hall–Kier alpha value is -1.31. The van der Waals surface area contributed by atoms with Crippen molar-refractivity contribution < 1.29 is 12.8 Å². The first-order chi connectivity index (χ1) is 9.43. The molecular formula is C13H15FN2O2S2. The summed E-state index contributed by atoms with van der Waals surface area (Å²) >= 11 is 1.57. The van der Waals surface area contributed by atoms with Gasteiger partial charge in [-0.3, -0.25) is 0 Å². The molecule has 0 spiro atoms. The molecule has 7 heteroatoms. The Morgan fingerprint density at radius 1 is 1.40 bits per heavy atom. The normalized spacial score (nSPS) is 13.6. The van der Waals surface area contributed by atoms with E-state index in [0.29, 0.717) is 6.42 Å². The number of rotatable bonds is 5. The van der Waals surface area contributed by atoms with E-state index in [-0.39, 0.29) is 6.04 Å². The fourth-order valence-electron chi connectivity index (χ4n) is 1.78. The molecule has 0 saturated carbocycles. The predicted molar refractivity (Wildman–Crippen MR) is 76.6 cm³/mol. The Balaban J connectivity index is 2.23. The van der Waals surface area contributed by atoms with Crippen molar-refractivity contribution in [2.75, 3.05) is 7.05 Å². The number of hydrogen-bond donors (Lipinski definition) is 0. The fraction of sp³-hybridized carbons (Fsp3) is 0.308. The molecule has 2 rings (SSSR count). The van der Waals surface area contributed by atoms with E-state index < -0.39 is 20.9 Å². The maximum absolute atomic E-state index is 13.6. The van der Waals surface area contributed by atoms with Crippen LogP contribution in [-0.4, -0.2) is 30.8 Å². The number of hydrogen-bond acceptors (Lipinski definition) is 4. The quantitative estimate of drug-likeness (QED) is 0.852. The van der Waals surface area contributed by atoms with Crippen LogP contribution in [0.3, 0.4) is 0 Å². The number of thiophene rings is 1. The number of aromatic nitrogens is 1. The summed E-state index contributed by atoms with van der Waals surface area (Å²) < 4.78 is 39.5. The summed E-state index contributed by atoms with van der Waals surface area (Å²) in [6.45, 7) is 1.79. The fourth-order valence-corrected chi connectivity index (χ4v) is 3.94. The van der Waals surface area contributed by atoms with Crippen LogP contribution >= 0.6 is 11.3 Å². The molecule has 2 aromatic heterocycles. The second-order valence-corrected chi connectivity index (χ2v) is 7.39. The van der Waals surface area contributed by atoms with Crippen LogP contribution in [0.5, 0.6) is 0 Å². The van der Waals surface area contributed by atoms with Gasteiger partial charge in [-0.05, 0) is 36.9 Å². The molecule has 0 radical (unpaired) electrons. The number of likely N-dealkylation sites (N-methyl/N-ethyl adjacent to an activating group) is 1. The molecule has 108 valence electrons. The molecule has 0 aromatic carbocycles. The van der Waals surface area contributed by atoms with Gasteiger partial charge in [0.15, 0.2) is 5.82 Å². The SMILES string of the molecule is CC(Cc1cccs1)N(C)S(=O)(=O)c1ncccc1F. The molecule has 0 fully saturated rings. The zero-order valence-electron chi connectivity index (χ0n) is 11.2. The highest BCUT2D eigenvalue weighted by atomic mass is 32.2. The zero-order valence-corrected chi connectivity index (χ0v) is 12.8. The first kappa shape index (κ1) is 15.1. The number of halogens is 1. The van der Waals surface area contributed by atoms with Crippen molar-refractivity contribution in [3.63, 3.8) is 0 Å². The lowest BCUT2D eigenvalue weighted by Gasteiger charge is -2.23. The lowest BCUT2D eigenvalue weighted by Crippen LogP contribution is -2.37. The van der Waals surface area contributed by atoms with E-state index in [1.165, 1.54) is 19.3 Å². The third-order valence-corrected chi connectivity index (χ3v) is 5.85. The van der Waals surface area contributed by atoms with Gasteiger partial charge >= 0.3 is 0 Å². The summed E-state index contributed by atoms with van der Waals surface area (Å²) in [4.78, 5) is 4.73. The molecule has 0 aliphatic heterocycles. The lowest BCUT2D eigenvalue weighted by molar-refractivity contribution is 0.383. The van der Waals surface area contributed by atoms with Crippen LogP contribution in [-0.2, 0) is 16.4 Å². The molecule has 1 atom stereocenters. The molecule has 4 nitrogen and oxygen atoms in total. The molecular weight excluding hydrogens is 299 g/mol. The molecule has 2 aromatic rings. The molecule has 0 aliphatic carbocycles. The Morgan fingerprint density at radius 3 is 2.75 bits per heavy atom. The monoisotopic (exact) mass is 314 g/mol. The largest absolute Gasteiger partial charge is 0.263 e. The van der Waals surface area contributed by atoms with Crippen molar-refractivity contribution in [3.8, 4) is 0 Å². The standard InChI is InChI=1S/C13H15FN2O2S2/c1-10(9-11-5-4-8-19-11)16(2)20(17,18)13-12(14)6-3-7-15-13/h3-8,10H,9H2,1-2H3. The number of pyridine rings is 1. The van der Waals surface area contributed by atoms with E-state index in [1.807, 2.05) is 17.5 Å². The van der Waals surface area contributed by atoms with Crippen molar-refractivity contribution in [3.05, 3.63) is 46.5 Å². The Morgan fingerprint density at radius 2 is 2.15 bits per heavy atom. The third-order valence-electron chi connectivity index (χ3n) is 3.05. The minimum Gasteiger partial charge on any atom is -0.241 e. The smallest absolute Gasteiger partial charge is 0.241 e. The summed E-state index contributed by atoms with van der Waals surface area (Å²) in [5.74, 6) is -0.831. The summed E-state index contributed by atoms with van der Waals surface area (Å²) in [6, 6.07) is 6.05. The average Bonchev–Trinajstić information content (AvgIpc) is 2.90. The molecule has 0 amide bonds. The second kappa shape index (κ2) is 5.99. The van der Waals surface area contributed by atoms with Gasteiger partial charge in [0.1, 0.15) is 0 Å². The zero-order chi connectivity index (χ0) is 14.8. The topological polar surface area (TPSA) is 50.3 Å². The lowest BCUT2D eigenvalue weighted by atomic mass is 10.2. The van der Waals surface area contributed by atoms with Crippen molar-refractivity contribution in [2.24, 2.45) is 0 Å². The molecule has 0 saturated heterocycles. The highest BCUT2D eigenvalue weighted by molar-refractivity contribution is 7.89. The minimum atomic E-state index is -3.92. The minimum absolute atomic E-state index is 0.278. The van der Waals surface area contributed by atoms with Gasteiger partial charge in [-0.15, -0.1) is 11.3 Å². The molecule has 0 bridgehead atoms. The van der Waals surface area contributed by atoms with E-state index in [1.54, 1.807) is 18.3 Å². The average molecular weight is 314 g/mol. The van der Waals surface area contributed by atoms with Crippen LogP contribution in [0.1, 0.15) is 11.8 Å². The Kier molecular flexibility index (Phi) is 4.52. The molecule has 0 N–H and O–H groups in total. The van der Waals surface area contributed by atoms with Gasteiger partial charge in [0.2, 0.25) is 5.03 Å². The van der Waals surface area contributed by atoms with E-state index in [4.69, 9.17) is 0 Å². The predicted octanol–water partition coefficient (Wildman–Crippen LogP) is 2.53. The van der Waals surface area contributed by atoms with Gasteiger partial charge in [-0.1, -0.05) is 6.07 Å². The third kappa shape index (κ3) is 3.05. The van der Waals surface area contributed by atoms with Crippen LogP contribution in [0.2, 0.25) is 0 Å². The van der Waals surface area contributed by atoms with Crippen LogP contribution < -0.4 is 0 Å². The summed E-state index contributed by atoms with van der Waals surface area (Å²) in [5.41, 5.74) is 0. The van der Waals surface area contributed by atoms with Crippen molar-refractivity contribution in [2.45, 2.75) is 24.4 Å². The highest BCUT2D eigenvalue weighted by Crippen LogP contribution is 2.20. The van der Waals surface area contributed by atoms with E-state index in [0.717, 1.165) is 15.2 Å². The van der Waals surface area contributed by atoms with Crippen molar-refractivity contribution in [1.29, 1.82) is 0 Å². The van der Waals surface area contributed by atoms with E-state index in [9.17, 15) is 12.8 Å². The number of sulfonamides is 1. The van der Waals surface area contributed by atoms with Crippen LogP contribution in [0.4, 0.5) is 4.39 Å². The first-order valence-corrected chi connectivity index (χ1v) is 8.36. The van der Waals surface area contributed by atoms with Gasteiger partial charge in [-0.2, -0.15) is 4.31 Å². The molecule has 1 unspecified atom stereocenters. The van der Waals surface area contributed by atoms with Gasteiger partial charge < -0.3 is 0 Å². The van der Waals surface area contributed by atoms with Gasteiger partial charge in [0.05, 0.1) is 0 Å². The van der Waals surface area contributed by atoms with Crippen LogP contribution in [0, 0.1) is 5.82 Å². The maximum atomic E-state index is 13.6. The Bertz CT molecular complexity index is 671. The second-order valence-electron chi connectivity index (χ2n) is 4.44. The summed E-state index contributed by atoms with van der Waals surface area (Å²) in [5, 5.41) is 1.41. The maximum Gasteiger partial charge on any atom is 0.263 e. The van der Waals surface area contributed by atoms with Gasteiger partial charge in [0.25, 0.3) is 10.0 Å². The molecule has 0 aliphatic rings. The van der Waals surface area contributed by atoms with Crippen molar-refractivity contribution >= 4 is 21.4 Å². The summed E-state index contributed by atoms with van der Waals surface area (Å²) in [6.07, 6.45) is 1.86.